The third-order valence-electron chi connectivity index (χ3n) is 5.88. The smallest absolute Gasteiger partial charge is 0.247 e. The first-order valence-electron chi connectivity index (χ1n) is 10.7. The minimum atomic E-state index is 0.0179. The van der Waals surface area contributed by atoms with Gasteiger partial charge in [0.05, 0.1) is 6.54 Å². The number of aromatic nitrogens is 2. The average molecular weight is 419 g/mol. The number of likely N-dealkylation sites (tertiary alicyclic amines) is 1. The zero-order valence-electron chi connectivity index (χ0n) is 17.5. The largest absolute Gasteiger partial charge is 0.486 e. The van der Waals surface area contributed by atoms with Crippen LogP contribution in [0.1, 0.15) is 34.7 Å². The SMILES string of the molecule is Cc1cccc(-c2nnc(CN3CCC(C(=O)c4ccc5c(c4)OCCO5)CC3)o2)c1. The van der Waals surface area contributed by atoms with E-state index in [1.807, 2.05) is 49.4 Å². The number of ether oxygens (including phenoxy) is 2. The molecule has 7 nitrogen and oxygen atoms in total. The lowest BCUT2D eigenvalue weighted by molar-refractivity contribution is 0.0826. The monoisotopic (exact) mass is 419 g/mol. The van der Waals surface area contributed by atoms with E-state index in [0.29, 0.717) is 48.6 Å². The molecule has 3 heterocycles. The van der Waals surface area contributed by atoms with Crippen LogP contribution in [-0.4, -0.2) is 47.2 Å². The molecule has 0 amide bonds. The number of hydrogen-bond donors (Lipinski definition) is 0. The van der Waals surface area contributed by atoms with Crippen molar-refractivity contribution in [3.63, 3.8) is 0 Å². The van der Waals surface area contributed by atoms with Gasteiger partial charge in [0.15, 0.2) is 17.3 Å². The minimum Gasteiger partial charge on any atom is -0.486 e. The normalized spacial score (nSPS) is 16.9. The zero-order chi connectivity index (χ0) is 21.2. The van der Waals surface area contributed by atoms with Crippen molar-refractivity contribution in [2.24, 2.45) is 5.92 Å². The second-order valence-electron chi connectivity index (χ2n) is 8.14. The summed E-state index contributed by atoms with van der Waals surface area (Å²) in [6.07, 6.45) is 1.62. The van der Waals surface area contributed by atoms with Crippen molar-refractivity contribution in [3.05, 3.63) is 59.5 Å². The van der Waals surface area contributed by atoms with Gasteiger partial charge in [-0.25, -0.2) is 0 Å². The molecule has 0 radical (unpaired) electrons. The summed E-state index contributed by atoms with van der Waals surface area (Å²) in [4.78, 5) is 15.2. The first kappa shape index (κ1) is 19.8. The number of nitrogens with zero attached hydrogens (tertiary/aromatic N) is 3. The van der Waals surface area contributed by atoms with Crippen LogP contribution in [0.15, 0.2) is 46.9 Å². The van der Waals surface area contributed by atoms with Crippen LogP contribution < -0.4 is 9.47 Å². The second-order valence-corrected chi connectivity index (χ2v) is 8.14. The molecule has 160 valence electrons. The summed E-state index contributed by atoms with van der Waals surface area (Å²) in [6, 6.07) is 13.5. The Morgan fingerprint density at radius 2 is 1.84 bits per heavy atom. The van der Waals surface area contributed by atoms with Crippen LogP contribution in [0, 0.1) is 12.8 Å². The van der Waals surface area contributed by atoms with E-state index in [1.54, 1.807) is 0 Å². The first-order chi connectivity index (χ1) is 15.2. The summed E-state index contributed by atoms with van der Waals surface area (Å²) in [6.45, 7) is 5.35. The molecule has 2 aromatic carbocycles. The average Bonchev–Trinajstić information content (AvgIpc) is 3.27. The van der Waals surface area contributed by atoms with E-state index in [-0.39, 0.29) is 11.7 Å². The van der Waals surface area contributed by atoms with Gasteiger partial charge in [-0.1, -0.05) is 17.7 Å². The maximum Gasteiger partial charge on any atom is 0.247 e. The van der Waals surface area contributed by atoms with E-state index in [2.05, 4.69) is 15.1 Å². The predicted octanol–water partition coefficient (Wildman–Crippen LogP) is 3.91. The van der Waals surface area contributed by atoms with E-state index >= 15 is 0 Å². The topological polar surface area (TPSA) is 77.7 Å². The molecule has 31 heavy (non-hydrogen) atoms. The van der Waals surface area contributed by atoms with E-state index in [0.717, 1.165) is 37.1 Å². The Morgan fingerprint density at radius 1 is 1.03 bits per heavy atom. The minimum absolute atomic E-state index is 0.0179. The molecule has 0 N–H and O–H groups in total. The van der Waals surface area contributed by atoms with E-state index in [4.69, 9.17) is 13.9 Å². The van der Waals surface area contributed by atoms with Crippen LogP contribution in [0.4, 0.5) is 0 Å². The van der Waals surface area contributed by atoms with E-state index in [1.165, 1.54) is 0 Å². The van der Waals surface area contributed by atoms with Crippen molar-refractivity contribution >= 4 is 5.78 Å². The Labute approximate surface area is 181 Å². The molecule has 2 aliphatic rings. The summed E-state index contributed by atoms with van der Waals surface area (Å²) >= 11 is 0. The van der Waals surface area contributed by atoms with Gasteiger partial charge in [0.1, 0.15) is 13.2 Å². The number of fused-ring (bicyclic) bond motifs is 1. The molecule has 2 aliphatic heterocycles. The van der Waals surface area contributed by atoms with Crippen LogP contribution in [0.3, 0.4) is 0 Å². The Morgan fingerprint density at radius 3 is 2.65 bits per heavy atom. The molecule has 5 rings (SSSR count). The lowest BCUT2D eigenvalue weighted by atomic mass is 9.88. The molecule has 1 aromatic heterocycles. The molecule has 0 bridgehead atoms. The lowest BCUT2D eigenvalue weighted by Gasteiger charge is -2.30. The second kappa shape index (κ2) is 8.51. The van der Waals surface area contributed by atoms with Crippen molar-refractivity contribution in [2.75, 3.05) is 26.3 Å². The van der Waals surface area contributed by atoms with E-state index in [9.17, 15) is 4.79 Å². The number of aryl methyl sites for hydroxylation is 1. The van der Waals surface area contributed by atoms with Gasteiger partial charge in [0, 0.05) is 17.0 Å². The number of rotatable bonds is 5. The molecule has 1 saturated heterocycles. The van der Waals surface area contributed by atoms with Crippen LogP contribution in [0.25, 0.3) is 11.5 Å². The van der Waals surface area contributed by atoms with E-state index < -0.39 is 0 Å². The fourth-order valence-corrected chi connectivity index (χ4v) is 4.19. The summed E-state index contributed by atoms with van der Waals surface area (Å²) in [5, 5.41) is 8.40. The molecule has 7 heteroatoms. The Hall–Kier alpha value is -3.19. The molecule has 0 spiro atoms. The van der Waals surface area contributed by atoms with Crippen LogP contribution in [0.2, 0.25) is 0 Å². The maximum atomic E-state index is 13.0. The number of piperidine rings is 1. The highest BCUT2D eigenvalue weighted by molar-refractivity contribution is 5.98. The fourth-order valence-electron chi connectivity index (χ4n) is 4.19. The van der Waals surface area contributed by atoms with Gasteiger partial charge in [0.25, 0.3) is 0 Å². The highest BCUT2D eigenvalue weighted by atomic mass is 16.6. The highest BCUT2D eigenvalue weighted by Gasteiger charge is 2.27. The van der Waals surface area contributed by atoms with Crippen LogP contribution >= 0.6 is 0 Å². The highest BCUT2D eigenvalue weighted by Crippen LogP contribution is 2.32. The molecule has 1 fully saturated rings. The van der Waals surface area contributed by atoms with Gasteiger partial charge in [-0.2, -0.15) is 0 Å². The Kier molecular flexibility index (Phi) is 5.42. The summed E-state index contributed by atoms with van der Waals surface area (Å²) in [7, 11) is 0. The molecule has 0 atom stereocenters. The number of benzene rings is 2. The predicted molar refractivity (Wildman–Crippen MR) is 114 cm³/mol. The van der Waals surface area contributed by atoms with Crippen molar-refractivity contribution < 1.29 is 18.7 Å². The standard InChI is InChI=1S/C24H25N3O4/c1-16-3-2-4-19(13-16)24-26-25-22(31-24)15-27-9-7-17(8-10-27)23(28)18-5-6-20-21(14-18)30-12-11-29-20/h2-6,13-14,17H,7-12,15H2,1H3. The number of Topliss-reactive ketones (excluding diaryl/α,β-unsaturated/α-hetero) is 1. The zero-order valence-corrected chi connectivity index (χ0v) is 17.5. The third kappa shape index (κ3) is 4.32. The van der Waals surface area contributed by atoms with Crippen LogP contribution in [-0.2, 0) is 6.54 Å². The Balaban J connectivity index is 1.18. The van der Waals surface area contributed by atoms with Crippen molar-refractivity contribution in [1.29, 1.82) is 0 Å². The molecule has 3 aromatic rings. The number of hydrogen-bond acceptors (Lipinski definition) is 7. The molecular weight excluding hydrogens is 394 g/mol. The number of carbonyl (C=O) groups excluding carboxylic acids is 1. The van der Waals surface area contributed by atoms with Crippen LogP contribution in [0.5, 0.6) is 11.5 Å². The summed E-state index contributed by atoms with van der Waals surface area (Å²) in [5.41, 5.74) is 2.78. The maximum absolute atomic E-state index is 13.0. The lowest BCUT2D eigenvalue weighted by Crippen LogP contribution is -2.36. The van der Waals surface area contributed by atoms with Crippen molar-refractivity contribution in [3.8, 4) is 23.0 Å². The first-order valence-corrected chi connectivity index (χ1v) is 10.7. The van der Waals surface area contributed by atoms with Gasteiger partial charge in [0.2, 0.25) is 11.8 Å². The fraction of sp³-hybridized carbons (Fsp3) is 0.375. The van der Waals surface area contributed by atoms with Crippen molar-refractivity contribution in [1.82, 2.24) is 15.1 Å². The van der Waals surface area contributed by atoms with Gasteiger partial charge in [-0.3, -0.25) is 9.69 Å². The van der Waals surface area contributed by atoms with Gasteiger partial charge in [-0.15, -0.1) is 10.2 Å². The van der Waals surface area contributed by atoms with Gasteiger partial charge < -0.3 is 13.9 Å². The summed E-state index contributed by atoms with van der Waals surface area (Å²) in [5.74, 6) is 2.72. The van der Waals surface area contributed by atoms with Gasteiger partial charge in [-0.05, 0) is 63.2 Å². The molecule has 0 aliphatic carbocycles. The number of ketones is 1. The number of carbonyl (C=O) groups is 1. The third-order valence-corrected chi connectivity index (χ3v) is 5.88. The Bertz CT molecular complexity index is 1090. The van der Waals surface area contributed by atoms with Gasteiger partial charge >= 0.3 is 0 Å². The molecule has 0 unspecified atom stereocenters. The molecular formula is C24H25N3O4. The van der Waals surface area contributed by atoms with Crippen molar-refractivity contribution in [2.45, 2.75) is 26.3 Å². The summed E-state index contributed by atoms with van der Waals surface area (Å²) < 4.78 is 17.0. The quantitative estimate of drug-likeness (QED) is 0.580. The molecule has 0 saturated carbocycles.